The maximum absolute atomic E-state index is 13.2. The summed E-state index contributed by atoms with van der Waals surface area (Å²) in [6.07, 6.45) is 2.18. The molecule has 212 valence electrons. The van der Waals surface area contributed by atoms with E-state index in [1.165, 1.54) is 0 Å². The second-order valence-corrected chi connectivity index (χ2v) is 11.6. The summed E-state index contributed by atoms with van der Waals surface area (Å²) in [5, 5.41) is 7.05. The summed E-state index contributed by atoms with van der Waals surface area (Å²) >= 11 is 0. The zero-order valence-corrected chi connectivity index (χ0v) is 22.8. The molecule has 6 rings (SSSR count). The molecule has 1 aliphatic heterocycles. The van der Waals surface area contributed by atoms with Gasteiger partial charge in [0.1, 0.15) is 0 Å². The van der Waals surface area contributed by atoms with Crippen LogP contribution in [0.25, 0.3) is 22.3 Å². The fourth-order valence-electron chi connectivity index (χ4n) is 4.96. The number of halogens is 3. The van der Waals surface area contributed by atoms with Crippen molar-refractivity contribution in [1.82, 2.24) is 30.6 Å². The minimum atomic E-state index is -4.67. The standard InChI is InChI=1S/C28H26F3N7O2S/c1-41(40)24-12-17(2-4-20(24)28(29,30)31)25(39)34-15-19-13-23-18(14-33-19)3-5-21(36-23)22-6-9-32-26(37-22)38-11-10-35-27(16-38)7-8-27/h2-6,9,12-14,35H,7-8,10-11,15-16H2,1H3,(H,34,39). The number of fused-ring (bicyclic) bond motifs is 1. The number of benzene rings is 1. The van der Waals surface area contributed by atoms with Crippen LogP contribution in [0.3, 0.4) is 0 Å². The number of pyridine rings is 2. The minimum Gasteiger partial charge on any atom is -0.346 e. The molecule has 13 heteroatoms. The highest BCUT2D eigenvalue weighted by Gasteiger charge is 2.46. The van der Waals surface area contributed by atoms with Gasteiger partial charge in [-0.05, 0) is 55.3 Å². The van der Waals surface area contributed by atoms with Crippen LogP contribution in [0.1, 0.15) is 34.5 Å². The van der Waals surface area contributed by atoms with Crippen LogP contribution >= 0.6 is 0 Å². The topological polar surface area (TPSA) is 113 Å². The first-order valence-electron chi connectivity index (χ1n) is 13.0. The number of aromatic nitrogens is 4. The monoisotopic (exact) mass is 581 g/mol. The van der Waals surface area contributed by atoms with Gasteiger partial charge in [0.25, 0.3) is 5.91 Å². The van der Waals surface area contributed by atoms with Gasteiger partial charge in [-0.25, -0.2) is 15.0 Å². The Kier molecular flexibility index (Phi) is 6.94. The number of amides is 1. The van der Waals surface area contributed by atoms with E-state index in [9.17, 15) is 22.2 Å². The van der Waals surface area contributed by atoms with Crippen LogP contribution in [0.4, 0.5) is 19.1 Å². The van der Waals surface area contributed by atoms with E-state index in [1.54, 1.807) is 18.5 Å². The number of carbonyl (C=O) groups is 1. The highest BCUT2D eigenvalue weighted by Crippen LogP contribution is 2.38. The average molecular weight is 582 g/mol. The third kappa shape index (κ3) is 5.77. The Hall–Kier alpha value is -3.97. The highest BCUT2D eigenvalue weighted by molar-refractivity contribution is 7.84. The van der Waals surface area contributed by atoms with Crippen LogP contribution in [-0.2, 0) is 23.5 Å². The molecule has 0 bridgehead atoms. The molecule has 1 saturated heterocycles. The van der Waals surface area contributed by atoms with E-state index in [-0.39, 0.29) is 17.6 Å². The van der Waals surface area contributed by atoms with Crippen LogP contribution in [0, 0.1) is 0 Å². The van der Waals surface area contributed by atoms with Gasteiger partial charge in [0.05, 0.1) is 50.4 Å². The van der Waals surface area contributed by atoms with E-state index in [0.29, 0.717) is 28.5 Å². The Balaban J connectivity index is 1.19. The lowest BCUT2D eigenvalue weighted by molar-refractivity contribution is -0.139. The molecule has 1 saturated carbocycles. The first kappa shape index (κ1) is 27.2. The second-order valence-electron chi connectivity index (χ2n) is 10.3. The van der Waals surface area contributed by atoms with Crippen molar-refractivity contribution in [2.45, 2.75) is 36.0 Å². The van der Waals surface area contributed by atoms with Crippen LogP contribution < -0.4 is 15.5 Å². The molecule has 1 spiro atoms. The summed E-state index contributed by atoms with van der Waals surface area (Å²) in [5.74, 6) is 0.0667. The van der Waals surface area contributed by atoms with E-state index in [1.807, 2.05) is 18.2 Å². The van der Waals surface area contributed by atoms with Crippen LogP contribution in [0.2, 0.25) is 0 Å². The molecule has 2 fully saturated rings. The molecule has 9 nitrogen and oxygen atoms in total. The lowest BCUT2D eigenvalue weighted by Gasteiger charge is -2.34. The molecule has 1 atom stereocenters. The Morgan fingerprint density at radius 1 is 1.10 bits per heavy atom. The number of nitrogens with one attached hydrogen (secondary N) is 2. The summed E-state index contributed by atoms with van der Waals surface area (Å²) in [5.41, 5.74) is 1.67. The molecule has 1 amide bonds. The summed E-state index contributed by atoms with van der Waals surface area (Å²) in [6, 6.07) is 10.2. The van der Waals surface area contributed by atoms with Crippen molar-refractivity contribution in [2.75, 3.05) is 30.8 Å². The lowest BCUT2D eigenvalue weighted by atomic mass is 10.1. The Morgan fingerprint density at radius 2 is 1.90 bits per heavy atom. The minimum absolute atomic E-state index is 0.0225. The number of carbonyl (C=O) groups excluding carboxylic acids is 1. The molecule has 1 unspecified atom stereocenters. The van der Waals surface area contributed by atoms with Crippen molar-refractivity contribution in [3.8, 4) is 11.4 Å². The van der Waals surface area contributed by atoms with Crippen molar-refractivity contribution in [3.63, 3.8) is 0 Å². The smallest absolute Gasteiger partial charge is 0.346 e. The van der Waals surface area contributed by atoms with Crippen LogP contribution in [0.5, 0.6) is 0 Å². The molecule has 2 aliphatic rings. The number of hydrogen-bond donors (Lipinski definition) is 2. The number of piperazine rings is 1. The number of rotatable bonds is 6. The maximum atomic E-state index is 13.2. The summed E-state index contributed by atoms with van der Waals surface area (Å²) in [7, 11) is -1.93. The normalized spacial score (nSPS) is 17.0. The van der Waals surface area contributed by atoms with E-state index < -0.39 is 33.3 Å². The van der Waals surface area contributed by atoms with Gasteiger partial charge in [0.2, 0.25) is 5.95 Å². The summed E-state index contributed by atoms with van der Waals surface area (Å²) in [4.78, 5) is 32.9. The molecule has 3 aromatic heterocycles. The van der Waals surface area contributed by atoms with E-state index in [2.05, 4.69) is 25.5 Å². The van der Waals surface area contributed by atoms with Gasteiger partial charge in [0, 0.05) is 54.8 Å². The van der Waals surface area contributed by atoms with Crippen molar-refractivity contribution >= 4 is 33.6 Å². The lowest BCUT2D eigenvalue weighted by Crippen LogP contribution is -2.53. The summed E-state index contributed by atoms with van der Waals surface area (Å²) < 4.78 is 51.6. The predicted octanol–water partition coefficient (Wildman–Crippen LogP) is 3.72. The third-order valence-corrected chi connectivity index (χ3v) is 8.29. The van der Waals surface area contributed by atoms with Gasteiger partial charge in [-0.3, -0.25) is 14.0 Å². The fourth-order valence-corrected chi connectivity index (χ4v) is 5.75. The van der Waals surface area contributed by atoms with Crippen molar-refractivity contribution in [2.24, 2.45) is 0 Å². The molecular weight excluding hydrogens is 555 g/mol. The van der Waals surface area contributed by atoms with Crippen molar-refractivity contribution < 1.29 is 22.2 Å². The molecule has 4 heterocycles. The van der Waals surface area contributed by atoms with Crippen molar-refractivity contribution in [3.05, 3.63) is 71.7 Å². The van der Waals surface area contributed by atoms with Gasteiger partial charge in [-0.2, -0.15) is 13.2 Å². The first-order chi connectivity index (χ1) is 19.6. The van der Waals surface area contributed by atoms with Gasteiger partial charge in [-0.1, -0.05) is 0 Å². The zero-order chi connectivity index (χ0) is 28.8. The van der Waals surface area contributed by atoms with Gasteiger partial charge in [0.15, 0.2) is 0 Å². The SMILES string of the molecule is CS(=O)c1cc(C(=O)NCc2cc3nc(-c4ccnc(N5CCNC6(CC6)C5)n4)ccc3cn2)ccc1C(F)(F)F. The number of hydrogen-bond acceptors (Lipinski definition) is 8. The van der Waals surface area contributed by atoms with Crippen LogP contribution in [0.15, 0.2) is 59.8 Å². The van der Waals surface area contributed by atoms with E-state index in [0.717, 1.165) is 62.3 Å². The number of anilines is 1. The first-order valence-corrected chi connectivity index (χ1v) is 14.6. The fraction of sp³-hybridized carbons (Fsp3) is 0.321. The van der Waals surface area contributed by atoms with E-state index in [4.69, 9.17) is 9.97 Å². The second kappa shape index (κ2) is 10.5. The predicted molar refractivity (Wildman–Crippen MR) is 148 cm³/mol. The Labute approximate surface area is 236 Å². The highest BCUT2D eigenvalue weighted by atomic mass is 32.2. The van der Waals surface area contributed by atoms with Gasteiger partial charge < -0.3 is 15.5 Å². The zero-order valence-electron chi connectivity index (χ0n) is 22.0. The molecule has 2 N–H and O–H groups in total. The molecule has 0 radical (unpaired) electrons. The molecule has 1 aromatic carbocycles. The van der Waals surface area contributed by atoms with Gasteiger partial charge in [-0.15, -0.1) is 0 Å². The molecule has 1 aliphatic carbocycles. The van der Waals surface area contributed by atoms with Gasteiger partial charge >= 0.3 is 6.18 Å². The third-order valence-electron chi connectivity index (χ3n) is 7.34. The van der Waals surface area contributed by atoms with Crippen molar-refractivity contribution in [1.29, 1.82) is 0 Å². The average Bonchev–Trinajstić information content (AvgIpc) is 3.72. The molecule has 4 aromatic rings. The largest absolute Gasteiger partial charge is 0.417 e. The van der Waals surface area contributed by atoms with E-state index >= 15 is 0 Å². The maximum Gasteiger partial charge on any atom is 0.417 e. The molecule has 41 heavy (non-hydrogen) atoms. The van der Waals surface area contributed by atoms with Crippen LogP contribution in [-0.4, -0.2) is 61.5 Å². The quantitative estimate of drug-likeness (QED) is 0.355. The number of nitrogens with zero attached hydrogens (tertiary/aromatic N) is 5. The Bertz CT molecular complexity index is 1680. The summed E-state index contributed by atoms with van der Waals surface area (Å²) in [6.45, 7) is 2.63. The number of alkyl halides is 3. The molecular formula is C28H26F3N7O2S. The Morgan fingerprint density at radius 3 is 2.66 bits per heavy atom.